The molecule has 8 heteroatoms. The van der Waals surface area contributed by atoms with Gasteiger partial charge in [-0.15, -0.1) is 11.3 Å². The molecule has 0 bridgehead atoms. The Balaban J connectivity index is 1.76. The second-order valence-electron chi connectivity index (χ2n) is 5.07. The summed E-state index contributed by atoms with van der Waals surface area (Å²) in [5, 5.41) is 10.6. The molecule has 1 aliphatic heterocycles. The molecule has 2 aromatic heterocycles. The minimum absolute atomic E-state index is 0.270. The molecule has 1 unspecified atom stereocenters. The summed E-state index contributed by atoms with van der Waals surface area (Å²) in [5.74, 6) is -2.17. The number of nitrogens with zero attached hydrogens (tertiary/aromatic N) is 3. The van der Waals surface area contributed by atoms with Gasteiger partial charge in [0.15, 0.2) is 5.78 Å². The van der Waals surface area contributed by atoms with E-state index < -0.39 is 29.4 Å². The van der Waals surface area contributed by atoms with Crippen LogP contribution < -0.4 is 0 Å². The van der Waals surface area contributed by atoms with Crippen molar-refractivity contribution in [2.75, 3.05) is 6.54 Å². The van der Waals surface area contributed by atoms with Crippen molar-refractivity contribution in [3.05, 3.63) is 57.4 Å². The third-order valence-electron chi connectivity index (χ3n) is 3.44. The van der Waals surface area contributed by atoms with Gasteiger partial charge in [-0.1, -0.05) is 12.1 Å². The lowest BCUT2D eigenvalue weighted by atomic mass is 10.0. The quantitative estimate of drug-likeness (QED) is 0.752. The third kappa shape index (κ3) is 3.68. The van der Waals surface area contributed by atoms with E-state index >= 15 is 0 Å². The molecule has 1 saturated heterocycles. The van der Waals surface area contributed by atoms with Crippen LogP contribution in [-0.4, -0.2) is 33.4 Å². The van der Waals surface area contributed by atoms with Gasteiger partial charge in [-0.3, -0.25) is 24.3 Å². The van der Waals surface area contributed by atoms with Crippen molar-refractivity contribution >= 4 is 46.1 Å². The molecule has 1 atom stereocenters. The molecule has 1 fully saturated rings. The maximum absolute atomic E-state index is 12.4. The predicted octanol–water partition coefficient (Wildman–Crippen LogP) is 3.06. The largest absolute Gasteiger partial charge is 0.296 e. The minimum atomic E-state index is -1.11. The molecule has 0 spiro atoms. The third-order valence-corrected chi connectivity index (χ3v) is 5.17. The average molecular weight is 369 g/mol. The highest BCUT2D eigenvalue weighted by Crippen LogP contribution is 2.33. The first-order valence-electron chi connectivity index (χ1n) is 7.22. The SMILES string of the molecule is N#CC(C(=O)CN1C(=O)SC(=Cc2cccs2)C1=O)c1ccccn1. The Morgan fingerprint density at radius 3 is 2.80 bits per heavy atom. The average Bonchev–Trinajstić information content (AvgIpc) is 3.21. The molecule has 0 radical (unpaired) electrons. The van der Waals surface area contributed by atoms with E-state index in [4.69, 9.17) is 0 Å². The summed E-state index contributed by atoms with van der Waals surface area (Å²) in [7, 11) is 0. The van der Waals surface area contributed by atoms with Crippen LogP contribution in [0.3, 0.4) is 0 Å². The highest BCUT2D eigenvalue weighted by Gasteiger charge is 2.38. The van der Waals surface area contributed by atoms with Gasteiger partial charge in [0.2, 0.25) is 0 Å². The van der Waals surface area contributed by atoms with Crippen molar-refractivity contribution in [1.29, 1.82) is 5.26 Å². The number of carbonyl (C=O) groups is 3. The monoisotopic (exact) mass is 369 g/mol. The molecular formula is C17H11N3O3S2. The Kier molecular flexibility index (Phi) is 5.07. The van der Waals surface area contributed by atoms with Crippen molar-refractivity contribution in [3.63, 3.8) is 0 Å². The highest BCUT2D eigenvalue weighted by atomic mass is 32.2. The summed E-state index contributed by atoms with van der Waals surface area (Å²) in [5.41, 5.74) is 0.302. The van der Waals surface area contributed by atoms with Gasteiger partial charge >= 0.3 is 0 Å². The first-order chi connectivity index (χ1) is 12.1. The molecule has 124 valence electrons. The lowest BCUT2D eigenvalue weighted by molar-refractivity contribution is -0.128. The number of thiophene rings is 1. The van der Waals surface area contributed by atoms with Crippen LogP contribution in [0.25, 0.3) is 6.08 Å². The number of imide groups is 1. The van der Waals surface area contributed by atoms with Gasteiger partial charge in [-0.25, -0.2) is 0 Å². The molecule has 3 heterocycles. The number of thioether (sulfide) groups is 1. The van der Waals surface area contributed by atoms with E-state index in [0.29, 0.717) is 5.69 Å². The normalized spacial score (nSPS) is 16.9. The van der Waals surface area contributed by atoms with Gasteiger partial charge in [0, 0.05) is 11.1 Å². The molecule has 1 aliphatic rings. The van der Waals surface area contributed by atoms with Crippen LogP contribution >= 0.6 is 23.1 Å². The van der Waals surface area contributed by atoms with Crippen molar-refractivity contribution < 1.29 is 14.4 Å². The van der Waals surface area contributed by atoms with Crippen LogP contribution in [0.1, 0.15) is 16.5 Å². The van der Waals surface area contributed by atoms with E-state index in [2.05, 4.69) is 4.98 Å². The van der Waals surface area contributed by atoms with Gasteiger partial charge in [0.05, 0.1) is 23.2 Å². The van der Waals surface area contributed by atoms with Gasteiger partial charge in [-0.05, 0) is 41.4 Å². The summed E-state index contributed by atoms with van der Waals surface area (Å²) in [6.45, 7) is -0.443. The fraction of sp³-hybridized carbons (Fsp3) is 0.118. The number of ketones is 1. The number of amides is 2. The molecule has 0 aliphatic carbocycles. The smallest absolute Gasteiger partial charge is 0.293 e. The highest BCUT2D eigenvalue weighted by molar-refractivity contribution is 8.18. The minimum Gasteiger partial charge on any atom is -0.296 e. The second kappa shape index (κ2) is 7.42. The Bertz CT molecular complexity index is 886. The fourth-order valence-electron chi connectivity index (χ4n) is 2.24. The Morgan fingerprint density at radius 1 is 1.32 bits per heavy atom. The van der Waals surface area contributed by atoms with Crippen LogP contribution in [0.5, 0.6) is 0 Å². The number of Topliss-reactive ketones (excluding diaryl/α,β-unsaturated/α-hetero) is 1. The van der Waals surface area contributed by atoms with Crippen molar-refractivity contribution in [2.24, 2.45) is 0 Å². The van der Waals surface area contributed by atoms with E-state index in [9.17, 15) is 19.6 Å². The molecule has 2 aromatic rings. The molecule has 6 nitrogen and oxygen atoms in total. The van der Waals surface area contributed by atoms with E-state index in [-0.39, 0.29) is 4.91 Å². The van der Waals surface area contributed by atoms with Gasteiger partial charge < -0.3 is 0 Å². The topological polar surface area (TPSA) is 91.1 Å². The van der Waals surface area contributed by atoms with Crippen molar-refractivity contribution in [3.8, 4) is 6.07 Å². The van der Waals surface area contributed by atoms with Crippen LogP contribution in [0.15, 0.2) is 46.8 Å². The first-order valence-corrected chi connectivity index (χ1v) is 8.92. The lowest BCUT2D eigenvalue weighted by Crippen LogP contribution is -2.35. The Labute approximate surface area is 151 Å². The molecule has 0 N–H and O–H groups in total. The number of hydrogen-bond donors (Lipinski definition) is 0. The van der Waals surface area contributed by atoms with Crippen LogP contribution in [0.2, 0.25) is 0 Å². The van der Waals surface area contributed by atoms with Gasteiger partial charge in [-0.2, -0.15) is 5.26 Å². The molecule has 25 heavy (non-hydrogen) atoms. The number of carbonyl (C=O) groups excluding carboxylic acids is 3. The predicted molar refractivity (Wildman–Crippen MR) is 94.6 cm³/mol. The zero-order chi connectivity index (χ0) is 17.8. The standard InChI is InChI=1S/C17H11N3O3S2/c18-9-12(13-5-1-2-6-19-13)14(21)10-20-16(22)15(25-17(20)23)8-11-4-3-7-24-11/h1-8,12H,10H2. The first kappa shape index (κ1) is 17.1. The number of rotatable bonds is 5. The second-order valence-corrected chi connectivity index (χ2v) is 7.04. The zero-order valence-corrected chi connectivity index (χ0v) is 14.4. The summed E-state index contributed by atoms with van der Waals surface area (Å²) in [6.07, 6.45) is 3.11. The summed E-state index contributed by atoms with van der Waals surface area (Å²) in [6, 6.07) is 10.5. The number of nitriles is 1. The zero-order valence-electron chi connectivity index (χ0n) is 12.8. The number of hydrogen-bond acceptors (Lipinski definition) is 7. The van der Waals surface area contributed by atoms with Crippen LogP contribution in [-0.2, 0) is 9.59 Å². The molecule has 2 amide bonds. The van der Waals surface area contributed by atoms with E-state index in [1.165, 1.54) is 17.5 Å². The Morgan fingerprint density at radius 2 is 2.16 bits per heavy atom. The van der Waals surface area contributed by atoms with E-state index in [1.54, 1.807) is 24.3 Å². The van der Waals surface area contributed by atoms with Gasteiger partial charge in [0.25, 0.3) is 11.1 Å². The molecule has 3 rings (SSSR count). The maximum atomic E-state index is 12.4. The molecule has 0 aromatic carbocycles. The molecule has 0 saturated carbocycles. The summed E-state index contributed by atoms with van der Waals surface area (Å²) >= 11 is 2.24. The number of aromatic nitrogens is 1. The fourth-order valence-corrected chi connectivity index (χ4v) is 3.80. The lowest BCUT2D eigenvalue weighted by Gasteiger charge is -2.13. The van der Waals surface area contributed by atoms with Crippen LogP contribution in [0.4, 0.5) is 4.79 Å². The number of pyridine rings is 1. The van der Waals surface area contributed by atoms with Crippen molar-refractivity contribution in [1.82, 2.24) is 9.88 Å². The maximum Gasteiger partial charge on any atom is 0.293 e. The van der Waals surface area contributed by atoms with Crippen LogP contribution in [0, 0.1) is 11.3 Å². The summed E-state index contributed by atoms with van der Waals surface area (Å²) in [4.78, 5) is 42.9. The summed E-state index contributed by atoms with van der Waals surface area (Å²) < 4.78 is 0. The van der Waals surface area contributed by atoms with E-state index in [1.807, 2.05) is 23.6 Å². The van der Waals surface area contributed by atoms with Crippen molar-refractivity contribution in [2.45, 2.75) is 5.92 Å². The van der Waals surface area contributed by atoms with E-state index in [0.717, 1.165) is 21.5 Å². The molecular weight excluding hydrogens is 358 g/mol. The van der Waals surface area contributed by atoms with Gasteiger partial charge in [0.1, 0.15) is 5.92 Å². The Hall–Kier alpha value is -2.76.